The van der Waals surface area contributed by atoms with E-state index in [2.05, 4.69) is 5.32 Å². The van der Waals surface area contributed by atoms with Crippen LogP contribution in [0.3, 0.4) is 0 Å². The first-order chi connectivity index (χ1) is 19.1. The van der Waals surface area contributed by atoms with Crippen LogP contribution in [-0.4, -0.2) is 46.7 Å². The van der Waals surface area contributed by atoms with Gasteiger partial charge in [0, 0.05) is 25.2 Å². The zero-order valence-corrected chi connectivity index (χ0v) is 21.3. The summed E-state index contributed by atoms with van der Waals surface area (Å²) in [6.45, 7) is 1.15. The Morgan fingerprint density at radius 2 is 1.66 bits per heavy atom. The van der Waals surface area contributed by atoms with E-state index in [0.29, 0.717) is 12.1 Å². The third kappa shape index (κ3) is 6.14. The molecule has 3 amide bonds. The number of hydrogen-bond acceptors (Lipinski definition) is 7. The van der Waals surface area contributed by atoms with Crippen molar-refractivity contribution >= 4 is 40.8 Å². The highest BCUT2D eigenvalue weighted by molar-refractivity contribution is 6.48. The summed E-state index contributed by atoms with van der Waals surface area (Å²) in [5.41, 5.74) is -0.0735. The zero-order chi connectivity index (χ0) is 30.8. The van der Waals surface area contributed by atoms with E-state index in [-0.39, 0.29) is 16.9 Å². The molecule has 6 N–H and O–H groups in total. The molecule has 0 aliphatic heterocycles. The number of nitrogens with zero attached hydrogens (tertiary/aromatic N) is 2. The van der Waals surface area contributed by atoms with E-state index in [0.717, 1.165) is 36.1 Å². The number of hydrogen-bond donors (Lipinski definition) is 5. The molecule has 0 heterocycles. The Morgan fingerprint density at radius 3 is 2.20 bits per heavy atom. The van der Waals surface area contributed by atoms with Crippen molar-refractivity contribution in [1.29, 1.82) is 10.7 Å². The third-order valence-corrected chi connectivity index (χ3v) is 5.98. The monoisotopic (exact) mass is 567 g/mol. The fourth-order valence-electron chi connectivity index (χ4n) is 3.81. The number of halogens is 3. The Morgan fingerprint density at radius 1 is 1.00 bits per heavy atom. The molecule has 0 atom stereocenters. The molecule has 3 aromatic rings. The van der Waals surface area contributed by atoms with Gasteiger partial charge in [-0.3, -0.25) is 19.8 Å². The zero-order valence-electron chi connectivity index (χ0n) is 21.3. The van der Waals surface area contributed by atoms with E-state index < -0.39 is 74.7 Å². The number of carbonyl (C=O) groups is 4. The van der Waals surface area contributed by atoms with E-state index in [9.17, 15) is 42.6 Å². The van der Waals surface area contributed by atoms with Crippen LogP contribution in [0.1, 0.15) is 44.3 Å². The Labute approximate surface area is 229 Å². The minimum Gasteiger partial charge on any atom is -0.507 e. The lowest BCUT2D eigenvalue weighted by molar-refractivity contribution is -0.137. The third-order valence-electron chi connectivity index (χ3n) is 5.98. The number of rotatable bonds is 7. The van der Waals surface area contributed by atoms with Gasteiger partial charge in [0.25, 0.3) is 5.91 Å². The molecule has 0 bridgehead atoms. The summed E-state index contributed by atoms with van der Waals surface area (Å²) in [6.07, 6.45) is -5.00. The molecule has 0 aliphatic rings. The number of primary amides is 1. The SMILES string of the molecule is CC(=O)N(C)c1ccc(-c2cc(C(=N)C(=O)Nc3ccc(C#N)cc3C(=O)O)c(O)cc2C(N)=O)c(C(F)(F)F)c1. The first-order valence-corrected chi connectivity index (χ1v) is 11.4. The fourth-order valence-corrected chi connectivity index (χ4v) is 3.81. The van der Waals surface area contributed by atoms with Crippen LogP contribution in [0.2, 0.25) is 0 Å². The summed E-state index contributed by atoms with van der Waals surface area (Å²) in [5.74, 6) is -5.39. The number of carbonyl (C=O) groups excluding carboxylic acids is 3. The summed E-state index contributed by atoms with van der Waals surface area (Å²) in [7, 11) is 1.26. The van der Waals surface area contributed by atoms with Gasteiger partial charge < -0.3 is 26.2 Å². The van der Waals surface area contributed by atoms with E-state index in [1.54, 1.807) is 6.07 Å². The highest BCUT2D eigenvalue weighted by Gasteiger charge is 2.36. The van der Waals surface area contributed by atoms with E-state index in [4.69, 9.17) is 16.4 Å². The number of carboxylic acids is 1. The van der Waals surface area contributed by atoms with Crippen molar-refractivity contribution in [3.63, 3.8) is 0 Å². The molecule has 0 unspecified atom stereocenters. The van der Waals surface area contributed by atoms with Crippen LogP contribution in [0.25, 0.3) is 11.1 Å². The number of carboxylic acid groups (broad SMARTS) is 1. The Kier molecular flexibility index (Phi) is 8.14. The average Bonchev–Trinajstić information content (AvgIpc) is 2.91. The quantitative estimate of drug-likeness (QED) is 0.268. The molecule has 3 rings (SSSR count). The van der Waals surface area contributed by atoms with E-state index >= 15 is 0 Å². The number of alkyl halides is 3. The van der Waals surface area contributed by atoms with Crippen molar-refractivity contribution < 1.29 is 42.6 Å². The van der Waals surface area contributed by atoms with Gasteiger partial charge in [-0.25, -0.2) is 4.79 Å². The molecule has 0 radical (unpaired) electrons. The van der Waals surface area contributed by atoms with Gasteiger partial charge in [0.15, 0.2) is 0 Å². The van der Waals surface area contributed by atoms with Gasteiger partial charge in [-0.1, -0.05) is 6.07 Å². The summed E-state index contributed by atoms with van der Waals surface area (Å²) in [6, 6.07) is 9.34. The van der Waals surface area contributed by atoms with Gasteiger partial charge in [-0.05, 0) is 53.6 Å². The van der Waals surface area contributed by atoms with Crippen LogP contribution >= 0.6 is 0 Å². The maximum absolute atomic E-state index is 14.1. The molecule has 3 aromatic carbocycles. The minimum atomic E-state index is -5.00. The summed E-state index contributed by atoms with van der Waals surface area (Å²) < 4.78 is 42.4. The number of benzene rings is 3. The lowest BCUT2D eigenvalue weighted by Gasteiger charge is -2.21. The Bertz CT molecular complexity index is 1680. The van der Waals surface area contributed by atoms with Crippen LogP contribution < -0.4 is 16.0 Å². The lowest BCUT2D eigenvalue weighted by Crippen LogP contribution is -2.25. The summed E-state index contributed by atoms with van der Waals surface area (Å²) >= 11 is 0. The molecular formula is C27H20F3N5O6. The normalized spacial score (nSPS) is 10.8. The number of phenols is 1. The largest absolute Gasteiger partial charge is 0.507 e. The van der Waals surface area contributed by atoms with Gasteiger partial charge in [0.1, 0.15) is 11.5 Å². The smallest absolute Gasteiger partial charge is 0.417 e. The maximum atomic E-state index is 14.1. The number of nitriles is 1. The first-order valence-electron chi connectivity index (χ1n) is 11.4. The number of phenolic OH excluding ortho intramolecular Hbond substituents is 1. The molecular weight excluding hydrogens is 547 g/mol. The van der Waals surface area contributed by atoms with Crippen LogP contribution in [0.5, 0.6) is 5.75 Å². The van der Waals surface area contributed by atoms with E-state index in [1.165, 1.54) is 19.2 Å². The predicted molar refractivity (Wildman–Crippen MR) is 140 cm³/mol. The van der Waals surface area contributed by atoms with Gasteiger partial charge in [-0.15, -0.1) is 0 Å². The van der Waals surface area contributed by atoms with Gasteiger partial charge in [0.05, 0.1) is 34.0 Å². The minimum absolute atomic E-state index is 0.0270. The Hall–Kier alpha value is -5.71. The van der Waals surface area contributed by atoms with Gasteiger partial charge in [0.2, 0.25) is 11.8 Å². The predicted octanol–water partition coefficient (Wildman–Crippen LogP) is 3.74. The molecule has 0 aliphatic carbocycles. The van der Waals surface area contributed by atoms with Crippen LogP contribution in [0, 0.1) is 16.7 Å². The molecule has 11 nitrogen and oxygen atoms in total. The van der Waals surface area contributed by atoms with Crippen LogP contribution in [-0.2, 0) is 15.8 Å². The molecule has 0 saturated heterocycles. The van der Waals surface area contributed by atoms with Crippen molar-refractivity contribution in [2.75, 3.05) is 17.3 Å². The molecule has 0 saturated carbocycles. The maximum Gasteiger partial charge on any atom is 0.417 e. The molecule has 14 heteroatoms. The second-order valence-electron chi connectivity index (χ2n) is 8.59. The van der Waals surface area contributed by atoms with Crippen molar-refractivity contribution in [2.45, 2.75) is 13.1 Å². The van der Waals surface area contributed by atoms with Crippen LogP contribution in [0.4, 0.5) is 24.5 Å². The average molecular weight is 567 g/mol. The topological polar surface area (TPSA) is 198 Å². The lowest BCUT2D eigenvalue weighted by atomic mass is 9.91. The molecule has 41 heavy (non-hydrogen) atoms. The Balaban J connectivity index is 2.17. The second kappa shape index (κ2) is 11.2. The second-order valence-corrected chi connectivity index (χ2v) is 8.59. The highest BCUT2D eigenvalue weighted by Crippen LogP contribution is 2.41. The number of nitrogens with one attached hydrogen (secondary N) is 2. The highest BCUT2D eigenvalue weighted by atomic mass is 19.4. The number of anilines is 2. The number of nitrogens with two attached hydrogens (primary N) is 1. The molecule has 0 fully saturated rings. The van der Waals surface area contributed by atoms with Crippen molar-refractivity contribution in [1.82, 2.24) is 0 Å². The van der Waals surface area contributed by atoms with Gasteiger partial charge >= 0.3 is 12.1 Å². The number of aromatic carboxylic acids is 1. The standard InChI is InChI=1S/C27H20F3N5O6/c1-12(36)35(2)14-4-5-15(20(8-14)27(28,29)30)16-9-19(22(37)10-17(16)24(33)38)23(32)25(39)34-21-6-3-13(11-31)7-18(21)26(40)41/h3-10,32,37H,1-2H3,(H2,33,38)(H,34,39)(H,40,41). The van der Waals surface area contributed by atoms with Crippen molar-refractivity contribution in [2.24, 2.45) is 5.73 Å². The number of aromatic hydroxyl groups is 1. The first kappa shape index (κ1) is 29.8. The van der Waals surface area contributed by atoms with Crippen molar-refractivity contribution in [3.8, 4) is 22.9 Å². The molecule has 210 valence electrons. The van der Waals surface area contributed by atoms with E-state index in [1.807, 2.05) is 0 Å². The fraction of sp³-hybridized carbons (Fsp3) is 0.111. The molecule has 0 spiro atoms. The summed E-state index contributed by atoms with van der Waals surface area (Å²) in [4.78, 5) is 49.2. The van der Waals surface area contributed by atoms with Gasteiger partial charge in [-0.2, -0.15) is 18.4 Å². The molecule has 0 aromatic heterocycles. The van der Waals surface area contributed by atoms with Crippen molar-refractivity contribution in [3.05, 3.63) is 76.3 Å². The summed E-state index contributed by atoms with van der Waals surface area (Å²) in [5, 5.41) is 39.3. The number of amides is 3. The van der Waals surface area contributed by atoms with Crippen LogP contribution in [0.15, 0.2) is 48.5 Å².